The van der Waals surface area contributed by atoms with Gasteiger partial charge in [0.1, 0.15) is 12.3 Å². The van der Waals surface area contributed by atoms with E-state index in [4.69, 9.17) is 0 Å². The second-order valence-corrected chi connectivity index (χ2v) is 1.01. The van der Waals surface area contributed by atoms with Gasteiger partial charge in [-0.25, -0.2) is 0 Å². The first kappa shape index (κ1) is 7.84. The standard InChI is InChI=1S/C5F4/c6-3-1-5(8,9)2-4-7. The van der Waals surface area contributed by atoms with Crippen molar-refractivity contribution in [2.45, 2.75) is 5.92 Å². The zero-order chi connectivity index (χ0) is 7.33. The van der Waals surface area contributed by atoms with Crippen LogP contribution >= 0.6 is 0 Å². The van der Waals surface area contributed by atoms with E-state index in [1.807, 2.05) is 0 Å². The molecule has 0 aromatic heterocycles. The van der Waals surface area contributed by atoms with Gasteiger partial charge in [-0.15, -0.1) is 8.78 Å². The van der Waals surface area contributed by atoms with Crippen LogP contribution in [0.3, 0.4) is 0 Å². The molecule has 0 bridgehead atoms. The van der Waals surface area contributed by atoms with E-state index in [0.717, 1.165) is 11.8 Å². The molecule has 4 heteroatoms. The fourth-order valence-electron chi connectivity index (χ4n) is 0.150. The molecule has 0 aromatic rings. The van der Waals surface area contributed by atoms with E-state index in [1.165, 1.54) is 0 Å². The molecule has 0 fully saturated rings. The molecule has 0 radical (unpaired) electrons. The number of halogens is 4. The minimum Gasteiger partial charge on any atom is -0.178 e. The van der Waals surface area contributed by atoms with Crippen molar-refractivity contribution in [2.75, 3.05) is 0 Å². The summed E-state index contributed by atoms with van der Waals surface area (Å²) in [6.07, 6.45) is 0.847. The second kappa shape index (κ2) is 2.99. The highest BCUT2D eigenvalue weighted by Crippen LogP contribution is 2.08. The normalized spacial score (nSPS) is 8.44. The van der Waals surface area contributed by atoms with Crippen LogP contribution in [0.25, 0.3) is 0 Å². The van der Waals surface area contributed by atoms with E-state index in [2.05, 4.69) is 0 Å². The lowest BCUT2D eigenvalue weighted by atomic mass is 10.4. The average molecular weight is 136 g/mol. The van der Waals surface area contributed by atoms with Gasteiger partial charge >= 0.3 is 5.92 Å². The lowest BCUT2D eigenvalue weighted by Gasteiger charge is -1.93. The monoisotopic (exact) mass is 136 g/mol. The Morgan fingerprint density at radius 3 is 1.44 bits per heavy atom. The van der Waals surface area contributed by atoms with Crippen molar-refractivity contribution in [1.29, 1.82) is 0 Å². The van der Waals surface area contributed by atoms with E-state index >= 15 is 0 Å². The zero-order valence-corrected chi connectivity index (χ0v) is 4.01. The van der Waals surface area contributed by atoms with Gasteiger partial charge in [-0.3, -0.25) is 0 Å². The van der Waals surface area contributed by atoms with E-state index in [9.17, 15) is 17.6 Å². The molecule has 0 saturated carbocycles. The Morgan fingerprint density at radius 2 is 1.22 bits per heavy atom. The highest BCUT2D eigenvalue weighted by atomic mass is 19.3. The van der Waals surface area contributed by atoms with Crippen LogP contribution in [0.4, 0.5) is 17.6 Å². The molecule has 9 heavy (non-hydrogen) atoms. The van der Waals surface area contributed by atoms with Gasteiger partial charge in [0, 0.05) is 11.8 Å². The van der Waals surface area contributed by atoms with Gasteiger partial charge in [0.25, 0.3) is 0 Å². The molecule has 0 aromatic carbocycles. The summed E-state index contributed by atoms with van der Waals surface area (Å²) in [5.41, 5.74) is 0. The second-order valence-electron chi connectivity index (χ2n) is 1.01. The maximum atomic E-state index is 11.6. The molecule has 0 N–H and O–H groups in total. The molecule has 0 nitrogen and oxygen atoms in total. The summed E-state index contributed by atoms with van der Waals surface area (Å²) in [6.45, 7) is 0. The predicted octanol–water partition coefficient (Wildman–Crippen LogP) is 1.48. The molecule has 0 aliphatic heterocycles. The first-order valence-corrected chi connectivity index (χ1v) is 1.76. The summed E-state index contributed by atoms with van der Waals surface area (Å²) in [7, 11) is 0. The molecule has 0 heterocycles. The smallest absolute Gasteiger partial charge is 0.178 e. The van der Waals surface area contributed by atoms with Gasteiger partial charge in [0.2, 0.25) is 0 Å². The third-order valence-electron chi connectivity index (χ3n) is 0.408. The van der Waals surface area contributed by atoms with Crippen LogP contribution in [0.5, 0.6) is 0 Å². The van der Waals surface area contributed by atoms with Crippen molar-refractivity contribution < 1.29 is 17.6 Å². The molecule has 0 aliphatic carbocycles. The van der Waals surface area contributed by atoms with Crippen LogP contribution in [0.1, 0.15) is 0 Å². The van der Waals surface area contributed by atoms with Crippen LogP contribution in [0.15, 0.2) is 0 Å². The Kier molecular flexibility index (Phi) is 2.60. The summed E-state index contributed by atoms with van der Waals surface area (Å²) in [4.78, 5) is 0. The minimum absolute atomic E-state index is 0.424. The van der Waals surface area contributed by atoms with Crippen LogP contribution in [0, 0.1) is 24.2 Å². The van der Waals surface area contributed by atoms with Gasteiger partial charge in [-0.2, -0.15) is 8.78 Å². The molecule has 0 atom stereocenters. The first-order valence-electron chi connectivity index (χ1n) is 1.76. The Morgan fingerprint density at radius 1 is 0.889 bits per heavy atom. The van der Waals surface area contributed by atoms with Crippen molar-refractivity contribution in [1.82, 2.24) is 0 Å². The summed E-state index contributed by atoms with van der Waals surface area (Å²) in [5, 5.41) is 0. The zero-order valence-electron chi connectivity index (χ0n) is 4.01. The highest BCUT2D eigenvalue weighted by molar-refractivity contribution is 5.21. The quantitative estimate of drug-likeness (QED) is 0.349. The molecule has 0 amide bonds. The molecule has 0 unspecified atom stereocenters. The Bertz CT molecular complexity index is 174. The van der Waals surface area contributed by atoms with Crippen LogP contribution in [-0.4, -0.2) is 5.92 Å². The molecule has 0 aliphatic rings. The third-order valence-corrected chi connectivity index (χ3v) is 0.408. The van der Waals surface area contributed by atoms with E-state index in [-0.39, 0.29) is 0 Å². The van der Waals surface area contributed by atoms with Crippen LogP contribution < -0.4 is 0 Å². The SMILES string of the molecule is FC#CC(F)(F)C#CF. The lowest BCUT2D eigenvalue weighted by molar-refractivity contribution is 0.133. The minimum atomic E-state index is -3.87. The van der Waals surface area contributed by atoms with Gasteiger partial charge in [-0.1, -0.05) is 0 Å². The molecule has 0 saturated heterocycles. The molecule has 48 valence electrons. The maximum absolute atomic E-state index is 11.6. The van der Waals surface area contributed by atoms with Crippen molar-refractivity contribution in [3.8, 4) is 24.2 Å². The Hall–Kier alpha value is -1.16. The molecule has 0 spiro atoms. The summed E-state index contributed by atoms with van der Waals surface area (Å²) in [5.74, 6) is -2.35. The van der Waals surface area contributed by atoms with Crippen molar-refractivity contribution >= 4 is 0 Å². The molecular formula is C5F4. The van der Waals surface area contributed by atoms with Gasteiger partial charge < -0.3 is 0 Å². The largest absolute Gasteiger partial charge is 0.375 e. The summed E-state index contributed by atoms with van der Waals surface area (Å²) < 4.78 is 44.8. The Labute approximate surface area is 48.9 Å². The summed E-state index contributed by atoms with van der Waals surface area (Å²) in [6, 6.07) is 0. The first-order chi connectivity index (χ1) is 4.12. The number of hydrogen-bond acceptors (Lipinski definition) is 0. The van der Waals surface area contributed by atoms with Gasteiger partial charge in [0.05, 0.1) is 0 Å². The van der Waals surface area contributed by atoms with Crippen molar-refractivity contribution in [3.63, 3.8) is 0 Å². The van der Waals surface area contributed by atoms with Crippen LogP contribution in [-0.2, 0) is 0 Å². The molecule has 0 rings (SSSR count). The number of hydrogen-bond donors (Lipinski definition) is 0. The number of rotatable bonds is 0. The lowest BCUT2D eigenvalue weighted by Crippen LogP contribution is -2.07. The highest BCUT2D eigenvalue weighted by Gasteiger charge is 2.22. The van der Waals surface area contributed by atoms with Gasteiger partial charge in [-0.05, 0) is 0 Å². The topological polar surface area (TPSA) is 0 Å². The molecular weight excluding hydrogens is 136 g/mol. The van der Waals surface area contributed by atoms with E-state index in [0.29, 0.717) is 12.3 Å². The predicted molar refractivity (Wildman–Crippen MR) is 22.7 cm³/mol. The average Bonchev–Trinajstić information content (AvgIpc) is 1.64. The third kappa shape index (κ3) is 3.42. The van der Waals surface area contributed by atoms with Crippen molar-refractivity contribution in [3.05, 3.63) is 0 Å². The van der Waals surface area contributed by atoms with E-state index in [1.54, 1.807) is 0 Å². The van der Waals surface area contributed by atoms with Crippen LogP contribution in [0.2, 0.25) is 0 Å². The summed E-state index contributed by atoms with van der Waals surface area (Å²) >= 11 is 0. The van der Waals surface area contributed by atoms with Crippen molar-refractivity contribution in [2.24, 2.45) is 0 Å². The fourth-order valence-corrected chi connectivity index (χ4v) is 0.150. The maximum Gasteiger partial charge on any atom is 0.375 e. The Balaban J connectivity index is 4.26. The fraction of sp³-hybridized carbons (Fsp3) is 0.200. The van der Waals surface area contributed by atoms with Gasteiger partial charge in [0.15, 0.2) is 0 Å². The van der Waals surface area contributed by atoms with E-state index < -0.39 is 5.92 Å². The number of alkyl halides is 2.